The molecule has 3 heteroatoms. The molecule has 0 aliphatic heterocycles. The third-order valence-electron chi connectivity index (χ3n) is 2.18. The summed E-state index contributed by atoms with van der Waals surface area (Å²) in [5.74, 6) is 0.873. The number of benzene rings is 1. The maximum Gasteiger partial charge on any atom is 0.131 e. The Balaban J connectivity index is 2.34. The third kappa shape index (κ3) is 1.66. The molecule has 0 aliphatic rings. The van der Waals surface area contributed by atoms with Gasteiger partial charge in [0.25, 0.3) is 0 Å². The average Bonchev–Trinajstić information content (AvgIpc) is 2.65. The topological polar surface area (TPSA) is 17.8 Å². The Bertz CT molecular complexity index is 408. The number of halogens is 1. The van der Waals surface area contributed by atoms with E-state index in [4.69, 9.17) is 11.6 Å². The molecule has 1 aromatic heterocycles. The second kappa shape index (κ2) is 3.84. The van der Waals surface area contributed by atoms with Crippen LogP contribution in [0.15, 0.2) is 42.7 Å². The highest BCUT2D eigenvalue weighted by atomic mass is 35.5. The van der Waals surface area contributed by atoms with Crippen molar-refractivity contribution in [3.05, 3.63) is 54.1 Å². The van der Waals surface area contributed by atoms with E-state index in [1.165, 1.54) is 0 Å². The van der Waals surface area contributed by atoms with Gasteiger partial charge in [0.15, 0.2) is 0 Å². The SMILES string of the molecule is Cn1ccnc1[C@H](Cl)c1ccccc1. The van der Waals surface area contributed by atoms with Crippen molar-refractivity contribution in [2.75, 3.05) is 0 Å². The maximum atomic E-state index is 6.29. The minimum Gasteiger partial charge on any atom is -0.336 e. The normalized spacial score (nSPS) is 12.7. The Morgan fingerprint density at radius 3 is 2.57 bits per heavy atom. The summed E-state index contributed by atoms with van der Waals surface area (Å²) in [6, 6.07) is 9.95. The van der Waals surface area contributed by atoms with E-state index in [1.807, 2.05) is 48.1 Å². The van der Waals surface area contributed by atoms with Gasteiger partial charge in [-0.25, -0.2) is 4.98 Å². The Morgan fingerprint density at radius 1 is 1.29 bits per heavy atom. The highest BCUT2D eigenvalue weighted by molar-refractivity contribution is 6.22. The predicted octanol–water partition coefficient (Wildman–Crippen LogP) is 2.75. The van der Waals surface area contributed by atoms with Gasteiger partial charge in [0, 0.05) is 19.4 Å². The van der Waals surface area contributed by atoms with Gasteiger partial charge in [-0.05, 0) is 5.56 Å². The molecule has 0 fully saturated rings. The van der Waals surface area contributed by atoms with Crippen molar-refractivity contribution in [2.24, 2.45) is 7.05 Å². The molecule has 2 aromatic rings. The number of rotatable bonds is 2. The van der Waals surface area contributed by atoms with Crippen LogP contribution in [0.3, 0.4) is 0 Å². The van der Waals surface area contributed by atoms with Crippen LogP contribution < -0.4 is 0 Å². The molecule has 2 rings (SSSR count). The molecule has 1 aromatic carbocycles. The number of hydrogen-bond acceptors (Lipinski definition) is 1. The van der Waals surface area contributed by atoms with Gasteiger partial charge >= 0.3 is 0 Å². The first kappa shape index (κ1) is 9.28. The summed E-state index contributed by atoms with van der Waals surface area (Å²) in [5.41, 5.74) is 1.07. The fourth-order valence-corrected chi connectivity index (χ4v) is 1.75. The lowest BCUT2D eigenvalue weighted by atomic mass is 10.1. The van der Waals surface area contributed by atoms with Gasteiger partial charge in [-0.1, -0.05) is 30.3 Å². The summed E-state index contributed by atoms with van der Waals surface area (Å²) in [5, 5.41) is -0.170. The molecular formula is C11H11ClN2. The molecule has 2 nitrogen and oxygen atoms in total. The summed E-state index contributed by atoms with van der Waals surface area (Å²) in [6.45, 7) is 0. The fraction of sp³-hybridized carbons (Fsp3) is 0.182. The monoisotopic (exact) mass is 206 g/mol. The average molecular weight is 207 g/mol. The molecule has 0 saturated carbocycles. The number of nitrogens with zero attached hydrogens (tertiary/aromatic N) is 2. The molecule has 0 amide bonds. The summed E-state index contributed by atoms with van der Waals surface area (Å²) in [6.07, 6.45) is 3.65. The van der Waals surface area contributed by atoms with Crippen LogP contribution in [0.5, 0.6) is 0 Å². The molecule has 72 valence electrons. The zero-order valence-corrected chi connectivity index (χ0v) is 8.65. The number of aryl methyl sites for hydroxylation is 1. The second-order valence-corrected chi connectivity index (χ2v) is 3.61. The number of aromatic nitrogens is 2. The van der Waals surface area contributed by atoms with Gasteiger partial charge in [-0.2, -0.15) is 0 Å². The lowest BCUT2D eigenvalue weighted by Gasteiger charge is -2.09. The summed E-state index contributed by atoms with van der Waals surface area (Å²) >= 11 is 6.29. The fourth-order valence-electron chi connectivity index (χ4n) is 1.39. The number of imidazole rings is 1. The van der Waals surface area contributed by atoms with Crippen molar-refractivity contribution in [1.82, 2.24) is 9.55 Å². The van der Waals surface area contributed by atoms with E-state index in [0.717, 1.165) is 11.4 Å². The molecule has 0 bridgehead atoms. The lowest BCUT2D eigenvalue weighted by Crippen LogP contribution is -2.01. The van der Waals surface area contributed by atoms with Gasteiger partial charge < -0.3 is 4.57 Å². The van der Waals surface area contributed by atoms with Crippen LogP contribution in [0, 0.1) is 0 Å². The van der Waals surface area contributed by atoms with Crippen molar-refractivity contribution >= 4 is 11.6 Å². The summed E-state index contributed by atoms with van der Waals surface area (Å²) < 4.78 is 1.94. The van der Waals surface area contributed by atoms with E-state index in [-0.39, 0.29) is 5.38 Å². The van der Waals surface area contributed by atoms with Crippen LogP contribution in [-0.2, 0) is 7.05 Å². The lowest BCUT2D eigenvalue weighted by molar-refractivity contribution is 0.809. The van der Waals surface area contributed by atoms with E-state index in [0.29, 0.717) is 0 Å². The molecule has 0 aliphatic carbocycles. The molecule has 0 saturated heterocycles. The number of hydrogen-bond donors (Lipinski definition) is 0. The van der Waals surface area contributed by atoms with Gasteiger partial charge in [0.05, 0.1) is 0 Å². The first-order valence-electron chi connectivity index (χ1n) is 4.45. The quantitative estimate of drug-likeness (QED) is 0.691. The molecule has 0 unspecified atom stereocenters. The van der Waals surface area contributed by atoms with Gasteiger partial charge in [-0.3, -0.25) is 0 Å². The highest BCUT2D eigenvalue weighted by Gasteiger charge is 2.13. The van der Waals surface area contributed by atoms with Crippen LogP contribution in [0.4, 0.5) is 0 Å². The van der Waals surface area contributed by atoms with Crippen molar-refractivity contribution in [1.29, 1.82) is 0 Å². The minimum absolute atomic E-state index is 0.170. The number of alkyl halides is 1. The van der Waals surface area contributed by atoms with Crippen LogP contribution in [0.25, 0.3) is 0 Å². The van der Waals surface area contributed by atoms with E-state index in [1.54, 1.807) is 6.20 Å². The summed E-state index contributed by atoms with van der Waals surface area (Å²) in [4.78, 5) is 4.22. The van der Waals surface area contributed by atoms with Crippen LogP contribution >= 0.6 is 11.6 Å². The maximum absolute atomic E-state index is 6.29. The molecule has 1 heterocycles. The first-order valence-corrected chi connectivity index (χ1v) is 4.89. The van der Waals surface area contributed by atoms with Crippen LogP contribution in [-0.4, -0.2) is 9.55 Å². The van der Waals surface area contributed by atoms with Crippen molar-refractivity contribution < 1.29 is 0 Å². The van der Waals surface area contributed by atoms with E-state index in [2.05, 4.69) is 4.98 Å². The van der Waals surface area contributed by atoms with Crippen molar-refractivity contribution in [3.63, 3.8) is 0 Å². The zero-order valence-electron chi connectivity index (χ0n) is 7.89. The second-order valence-electron chi connectivity index (χ2n) is 3.17. The molecule has 0 radical (unpaired) electrons. The minimum atomic E-state index is -0.170. The van der Waals surface area contributed by atoms with E-state index in [9.17, 15) is 0 Å². The molecule has 0 N–H and O–H groups in total. The van der Waals surface area contributed by atoms with E-state index < -0.39 is 0 Å². The Kier molecular flexibility index (Phi) is 2.55. The predicted molar refractivity (Wildman–Crippen MR) is 57.3 cm³/mol. The largest absolute Gasteiger partial charge is 0.336 e. The molecule has 0 spiro atoms. The molecule has 14 heavy (non-hydrogen) atoms. The van der Waals surface area contributed by atoms with Crippen molar-refractivity contribution in [3.8, 4) is 0 Å². The van der Waals surface area contributed by atoms with Crippen LogP contribution in [0.2, 0.25) is 0 Å². The Morgan fingerprint density at radius 2 is 2.00 bits per heavy atom. The van der Waals surface area contributed by atoms with Crippen molar-refractivity contribution in [2.45, 2.75) is 5.38 Å². The van der Waals surface area contributed by atoms with Gasteiger partial charge in [0.1, 0.15) is 11.2 Å². The standard InChI is InChI=1S/C11H11ClN2/c1-14-8-7-13-11(14)10(12)9-5-3-2-4-6-9/h2-8,10H,1H3/t10-/m1/s1. The van der Waals surface area contributed by atoms with Gasteiger partial charge in [0.2, 0.25) is 0 Å². The molecule has 1 atom stereocenters. The van der Waals surface area contributed by atoms with E-state index >= 15 is 0 Å². The first-order chi connectivity index (χ1) is 6.79. The smallest absolute Gasteiger partial charge is 0.131 e. The Hall–Kier alpha value is -1.28. The van der Waals surface area contributed by atoms with Gasteiger partial charge in [-0.15, -0.1) is 11.6 Å². The molecular weight excluding hydrogens is 196 g/mol. The Labute approximate surface area is 88.2 Å². The highest BCUT2D eigenvalue weighted by Crippen LogP contribution is 2.26. The third-order valence-corrected chi connectivity index (χ3v) is 2.62. The van der Waals surface area contributed by atoms with Crippen LogP contribution in [0.1, 0.15) is 16.8 Å². The summed E-state index contributed by atoms with van der Waals surface area (Å²) in [7, 11) is 1.95. The zero-order chi connectivity index (χ0) is 9.97.